The fraction of sp³-hybridized carbons (Fsp3) is 0.278. The number of aromatic nitrogens is 3. The Kier molecular flexibility index (Phi) is 3.65. The van der Waals surface area contributed by atoms with Gasteiger partial charge in [-0.3, -0.25) is 4.79 Å². The van der Waals surface area contributed by atoms with E-state index in [9.17, 15) is 4.79 Å². The van der Waals surface area contributed by atoms with Crippen molar-refractivity contribution in [3.63, 3.8) is 0 Å². The number of hydrogen-bond donors (Lipinski definition) is 1. The lowest BCUT2D eigenvalue weighted by atomic mass is 10.1. The number of carbonyl (C=O) groups excluding carboxylic acids is 1. The molecule has 1 aliphatic carbocycles. The molecule has 1 fully saturated rings. The largest absolute Gasteiger partial charge is 0.360 e. The first-order valence-electron chi connectivity index (χ1n) is 8.08. The van der Waals surface area contributed by atoms with Crippen molar-refractivity contribution < 1.29 is 9.32 Å². The summed E-state index contributed by atoms with van der Waals surface area (Å²) in [6.07, 6.45) is 5.87. The molecule has 0 aliphatic heterocycles. The molecule has 1 saturated carbocycles. The highest BCUT2D eigenvalue weighted by Gasteiger charge is 2.29. The first kappa shape index (κ1) is 14.7. The van der Waals surface area contributed by atoms with Crippen LogP contribution in [0.5, 0.6) is 0 Å². The van der Waals surface area contributed by atoms with Crippen molar-refractivity contribution in [2.45, 2.75) is 31.7 Å². The molecular formula is C18H18N4O2. The lowest BCUT2D eigenvalue weighted by Crippen LogP contribution is -2.26. The zero-order valence-electron chi connectivity index (χ0n) is 13.3. The van der Waals surface area contributed by atoms with Crippen LogP contribution in [0.15, 0.2) is 53.3 Å². The number of hydrogen-bond acceptors (Lipinski definition) is 4. The number of nitrogens with zero attached hydrogens (tertiary/aromatic N) is 3. The van der Waals surface area contributed by atoms with Crippen molar-refractivity contribution in [3.05, 3.63) is 65.8 Å². The maximum absolute atomic E-state index is 12.3. The Morgan fingerprint density at radius 3 is 2.79 bits per heavy atom. The van der Waals surface area contributed by atoms with Crippen LogP contribution in [0, 0.1) is 0 Å². The second-order valence-electron chi connectivity index (χ2n) is 6.13. The molecule has 1 atom stereocenters. The molecule has 0 radical (unpaired) electrons. The molecule has 1 aromatic carbocycles. The number of nitrogens with one attached hydrogen (secondary N) is 1. The van der Waals surface area contributed by atoms with Gasteiger partial charge in [0, 0.05) is 24.4 Å². The molecule has 2 heterocycles. The van der Waals surface area contributed by atoms with Gasteiger partial charge in [0.15, 0.2) is 5.69 Å². The smallest absolute Gasteiger partial charge is 0.273 e. The molecule has 3 aromatic rings. The van der Waals surface area contributed by atoms with E-state index >= 15 is 0 Å². The molecule has 6 nitrogen and oxygen atoms in total. The van der Waals surface area contributed by atoms with Crippen LogP contribution in [0.1, 0.15) is 53.5 Å². The third-order valence-corrected chi connectivity index (χ3v) is 4.25. The average Bonchev–Trinajstić information content (AvgIpc) is 3.12. The van der Waals surface area contributed by atoms with Crippen LogP contribution in [0.3, 0.4) is 0 Å². The van der Waals surface area contributed by atoms with Crippen molar-refractivity contribution in [1.82, 2.24) is 20.3 Å². The molecular weight excluding hydrogens is 304 g/mol. The first-order chi connectivity index (χ1) is 11.7. The second-order valence-corrected chi connectivity index (χ2v) is 6.13. The summed E-state index contributed by atoms with van der Waals surface area (Å²) in [5.74, 6) is 1.05. The molecule has 0 saturated heterocycles. The van der Waals surface area contributed by atoms with E-state index in [4.69, 9.17) is 4.52 Å². The highest BCUT2D eigenvalue weighted by atomic mass is 16.5. The summed E-state index contributed by atoms with van der Waals surface area (Å²) in [7, 11) is 0. The molecule has 1 amide bonds. The van der Waals surface area contributed by atoms with Gasteiger partial charge < -0.3 is 9.84 Å². The average molecular weight is 322 g/mol. The molecule has 1 aliphatic rings. The zero-order valence-corrected chi connectivity index (χ0v) is 13.3. The van der Waals surface area contributed by atoms with E-state index in [0.29, 0.717) is 11.6 Å². The summed E-state index contributed by atoms with van der Waals surface area (Å²) in [5.41, 5.74) is 2.34. The van der Waals surface area contributed by atoms with Crippen LogP contribution >= 0.6 is 0 Å². The van der Waals surface area contributed by atoms with E-state index < -0.39 is 0 Å². The predicted molar refractivity (Wildman–Crippen MR) is 87.9 cm³/mol. The Bertz CT molecular complexity index is 832. The summed E-state index contributed by atoms with van der Waals surface area (Å²) >= 11 is 0. The highest BCUT2D eigenvalue weighted by Crippen LogP contribution is 2.40. The first-order valence-corrected chi connectivity index (χ1v) is 8.08. The summed E-state index contributed by atoms with van der Waals surface area (Å²) in [5, 5.41) is 11.0. The fourth-order valence-corrected chi connectivity index (χ4v) is 2.65. The quantitative estimate of drug-likeness (QED) is 0.783. The van der Waals surface area contributed by atoms with Crippen LogP contribution < -0.4 is 5.32 Å². The van der Waals surface area contributed by atoms with Gasteiger partial charge in [-0.25, -0.2) is 4.68 Å². The van der Waals surface area contributed by atoms with E-state index in [0.717, 1.165) is 29.9 Å². The van der Waals surface area contributed by atoms with Gasteiger partial charge in [0.1, 0.15) is 5.76 Å². The summed E-state index contributed by atoms with van der Waals surface area (Å²) < 4.78 is 7.03. The van der Waals surface area contributed by atoms with Crippen LogP contribution in [-0.4, -0.2) is 20.8 Å². The minimum atomic E-state index is -0.214. The normalized spacial score (nSPS) is 15.2. The Hall–Kier alpha value is -2.89. The molecule has 4 rings (SSSR count). The summed E-state index contributed by atoms with van der Waals surface area (Å²) in [6.45, 7) is 1.95. The van der Waals surface area contributed by atoms with Gasteiger partial charge in [0.2, 0.25) is 0 Å². The summed E-state index contributed by atoms with van der Waals surface area (Å²) in [6, 6.07) is 11.4. The SMILES string of the molecule is CC(NC(=O)c1cc(C2CC2)on1)c1ccc(-n2cccn2)cc1. The molecule has 0 spiro atoms. The fourth-order valence-electron chi connectivity index (χ4n) is 2.65. The standard InChI is InChI=1S/C18H18N4O2/c1-12(13-5-7-15(8-6-13)22-10-2-9-19-22)20-18(23)16-11-17(24-21-16)14-3-4-14/h2,5-12,14H,3-4H2,1H3,(H,20,23). The monoisotopic (exact) mass is 322 g/mol. The Labute approximate surface area is 139 Å². The van der Waals surface area contributed by atoms with Crippen molar-refractivity contribution in [2.75, 3.05) is 0 Å². The van der Waals surface area contributed by atoms with E-state index in [-0.39, 0.29) is 11.9 Å². The summed E-state index contributed by atoms with van der Waals surface area (Å²) in [4.78, 5) is 12.3. The van der Waals surface area contributed by atoms with Crippen molar-refractivity contribution in [1.29, 1.82) is 0 Å². The van der Waals surface area contributed by atoms with Gasteiger partial charge in [0.25, 0.3) is 5.91 Å². The van der Waals surface area contributed by atoms with Gasteiger partial charge in [0.05, 0.1) is 11.7 Å². The third-order valence-electron chi connectivity index (χ3n) is 4.25. The van der Waals surface area contributed by atoms with Crippen LogP contribution in [0.2, 0.25) is 0 Å². The van der Waals surface area contributed by atoms with E-state index in [1.165, 1.54) is 0 Å². The van der Waals surface area contributed by atoms with Crippen LogP contribution in [0.4, 0.5) is 0 Å². The Morgan fingerprint density at radius 2 is 2.12 bits per heavy atom. The molecule has 122 valence electrons. The molecule has 1 N–H and O–H groups in total. The minimum absolute atomic E-state index is 0.120. The Balaban J connectivity index is 1.43. The van der Waals surface area contributed by atoms with E-state index in [1.807, 2.05) is 43.5 Å². The lowest BCUT2D eigenvalue weighted by molar-refractivity contribution is 0.0930. The highest BCUT2D eigenvalue weighted by molar-refractivity contribution is 5.92. The van der Waals surface area contributed by atoms with Crippen molar-refractivity contribution >= 4 is 5.91 Å². The number of rotatable bonds is 5. The van der Waals surface area contributed by atoms with Gasteiger partial charge in [-0.1, -0.05) is 17.3 Å². The molecule has 24 heavy (non-hydrogen) atoms. The van der Waals surface area contributed by atoms with Gasteiger partial charge in [-0.15, -0.1) is 0 Å². The van der Waals surface area contributed by atoms with Crippen molar-refractivity contribution in [2.24, 2.45) is 0 Å². The van der Waals surface area contributed by atoms with Crippen molar-refractivity contribution in [3.8, 4) is 5.69 Å². The van der Waals surface area contributed by atoms with Gasteiger partial charge >= 0.3 is 0 Å². The lowest BCUT2D eigenvalue weighted by Gasteiger charge is -2.14. The zero-order chi connectivity index (χ0) is 16.5. The number of carbonyl (C=O) groups is 1. The second kappa shape index (κ2) is 5.96. The molecule has 0 bridgehead atoms. The van der Waals surface area contributed by atoms with Crippen LogP contribution in [0.25, 0.3) is 5.69 Å². The molecule has 1 unspecified atom stereocenters. The van der Waals surface area contributed by atoms with E-state index in [1.54, 1.807) is 16.9 Å². The maximum Gasteiger partial charge on any atom is 0.273 e. The van der Waals surface area contributed by atoms with E-state index in [2.05, 4.69) is 15.6 Å². The van der Waals surface area contributed by atoms with Gasteiger partial charge in [-0.05, 0) is 43.5 Å². The third kappa shape index (κ3) is 2.95. The minimum Gasteiger partial charge on any atom is -0.360 e. The molecule has 6 heteroatoms. The molecule has 2 aromatic heterocycles. The number of benzene rings is 1. The van der Waals surface area contributed by atoms with Gasteiger partial charge in [-0.2, -0.15) is 5.10 Å². The Morgan fingerprint density at radius 1 is 1.33 bits per heavy atom. The topological polar surface area (TPSA) is 73.0 Å². The maximum atomic E-state index is 12.3. The van der Waals surface area contributed by atoms with Crippen LogP contribution in [-0.2, 0) is 0 Å². The predicted octanol–water partition coefficient (Wildman–Crippen LogP) is 3.23. The number of amides is 1.